The molecular weight excluding hydrogens is 276 g/mol. The Balaban J connectivity index is 2.45. The first-order valence-corrected chi connectivity index (χ1v) is 7.67. The number of hydrogen-bond donors (Lipinski definition) is 0. The maximum absolute atomic E-state index is 12.3. The first-order valence-electron chi connectivity index (χ1n) is 6.12. The molecule has 0 saturated heterocycles. The Morgan fingerprint density at radius 2 is 1.85 bits per heavy atom. The van der Waals surface area contributed by atoms with Gasteiger partial charge in [-0.05, 0) is 18.4 Å². The fourth-order valence-corrected chi connectivity index (χ4v) is 3.05. The summed E-state index contributed by atoms with van der Waals surface area (Å²) in [6.07, 6.45) is 0.931. The molecule has 0 atom stereocenters. The van der Waals surface area contributed by atoms with Crippen LogP contribution in [0.15, 0.2) is 58.8 Å². The molecule has 0 saturated carbocycles. The van der Waals surface area contributed by atoms with E-state index in [1.54, 1.807) is 25.1 Å². The lowest BCUT2D eigenvalue weighted by Gasteiger charge is -2.04. The molecule has 2 rings (SSSR count). The van der Waals surface area contributed by atoms with Crippen LogP contribution in [0.2, 0.25) is 0 Å². The van der Waals surface area contributed by atoms with Crippen LogP contribution >= 0.6 is 0 Å². The largest absolute Gasteiger partial charge is 0.463 e. The fraction of sp³-hybridized carbons (Fsp3) is 0.133. The summed E-state index contributed by atoms with van der Waals surface area (Å²) < 4.78 is 29.2. The molecule has 0 N–H and O–H groups in total. The SMILES string of the molecule is CCOC(=O)/C=C\S(=O)(=O)c1cccc2ccccc12. The Kier molecular flexibility index (Phi) is 4.20. The van der Waals surface area contributed by atoms with E-state index in [1.165, 1.54) is 6.07 Å². The summed E-state index contributed by atoms with van der Waals surface area (Å²) in [6.45, 7) is 1.86. The summed E-state index contributed by atoms with van der Waals surface area (Å²) in [4.78, 5) is 11.4. The molecular formula is C15H14O4S. The highest BCUT2D eigenvalue weighted by molar-refractivity contribution is 7.94. The zero-order chi connectivity index (χ0) is 14.6. The molecule has 0 unspecified atom stereocenters. The van der Waals surface area contributed by atoms with E-state index in [2.05, 4.69) is 4.74 Å². The molecule has 0 amide bonds. The van der Waals surface area contributed by atoms with E-state index in [1.807, 2.05) is 18.2 Å². The van der Waals surface area contributed by atoms with Crippen molar-refractivity contribution < 1.29 is 17.9 Å². The molecule has 5 heteroatoms. The molecule has 0 aliphatic carbocycles. The van der Waals surface area contributed by atoms with E-state index < -0.39 is 15.8 Å². The predicted molar refractivity (Wildman–Crippen MR) is 76.9 cm³/mol. The summed E-state index contributed by atoms with van der Waals surface area (Å²) in [5.74, 6) is -0.670. The van der Waals surface area contributed by atoms with Gasteiger partial charge in [-0.15, -0.1) is 0 Å². The van der Waals surface area contributed by atoms with Crippen molar-refractivity contribution in [3.05, 3.63) is 53.9 Å². The first kappa shape index (κ1) is 14.3. The van der Waals surface area contributed by atoms with E-state index in [0.717, 1.165) is 16.9 Å². The number of carbonyl (C=O) groups excluding carboxylic acids is 1. The number of ether oxygens (including phenoxy) is 1. The number of carbonyl (C=O) groups is 1. The van der Waals surface area contributed by atoms with E-state index in [4.69, 9.17) is 0 Å². The fourth-order valence-electron chi connectivity index (χ4n) is 1.85. The molecule has 104 valence electrons. The quantitative estimate of drug-likeness (QED) is 0.641. The lowest BCUT2D eigenvalue weighted by atomic mass is 10.1. The topological polar surface area (TPSA) is 60.4 Å². The third kappa shape index (κ3) is 3.05. The zero-order valence-corrected chi connectivity index (χ0v) is 11.8. The second-order valence-electron chi connectivity index (χ2n) is 4.08. The molecule has 20 heavy (non-hydrogen) atoms. The number of esters is 1. The van der Waals surface area contributed by atoms with E-state index in [0.29, 0.717) is 5.39 Å². The van der Waals surface area contributed by atoms with Crippen molar-refractivity contribution in [1.82, 2.24) is 0 Å². The zero-order valence-electron chi connectivity index (χ0n) is 10.9. The molecule has 2 aromatic rings. The molecule has 0 radical (unpaired) electrons. The third-order valence-electron chi connectivity index (χ3n) is 2.73. The summed E-state index contributed by atoms with van der Waals surface area (Å²) in [6, 6.07) is 12.2. The van der Waals surface area contributed by atoms with Crippen molar-refractivity contribution >= 4 is 26.6 Å². The minimum absolute atomic E-state index is 0.177. The molecule has 4 nitrogen and oxygen atoms in total. The lowest BCUT2D eigenvalue weighted by Crippen LogP contribution is -2.02. The Morgan fingerprint density at radius 3 is 2.60 bits per heavy atom. The average molecular weight is 290 g/mol. The smallest absolute Gasteiger partial charge is 0.331 e. The van der Waals surface area contributed by atoms with Crippen molar-refractivity contribution in [2.45, 2.75) is 11.8 Å². The number of fused-ring (bicyclic) bond motifs is 1. The highest BCUT2D eigenvalue weighted by Gasteiger charge is 2.14. The minimum Gasteiger partial charge on any atom is -0.463 e. The third-order valence-corrected chi connectivity index (χ3v) is 4.19. The minimum atomic E-state index is -3.68. The van der Waals surface area contributed by atoms with Crippen molar-refractivity contribution in [3.8, 4) is 0 Å². The molecule has 0 aliphatic heterocycles. The molecule has 0 bridgehead atoms. The van der Waals surface area contributed by atoms with Gasteiger partial charge in [0.15, 0.2) is 0 Å². The normalized spacial score (nSPS) is 11.8. The van der Waals surface area contributed by atoms with Crippen LogP contribution in [0.25, 0.3) is 10.8 Å². The standard InChI is InChI=1S/C15H14O4S/c1-2-19-15(16)10-11-20(17,18)14-9-5-7-12-6-3-4-8-13(12)14/h3-11H,2H2,1H3/b11-10-. The molecule has 0 aliphatic rings. The van der Waals surface area contributed by atoms with Crippen molar-refractivity contribution in [2.75, 3.05) is 6.61 Å². The van der Waals surface area contributed by atoms with Crippen molar-refractivity contribution in [1.29, 1.82) is 0 Å². The van der Waals surface area contributed by atoms with Crippen LogP contribution in [-0.4, -0.2) is 21.0 Å². The highest BCUT2D eigenvalue weighted by atomic mass is 32.2. The van der Waals surface area contributed by atoms with Crippen LogP contribution in [0, 0.1) is 0 Å². The maximum atomic E-state index is 12.3. The van der Waals surface area contributed by atoms with Gasteiger partial charge in [-0.3, -0.25) is 0 Å². The van der Waals surface area contributed by atoms with Crippen LogP contribution < -0.4 is 0 Å². The summed E-state index contributed by atoms with van der Waals surface area (Å²) in [5, 5.41) is 2.34. The number of sulfone groups is 1. The van der Waals surface area contributed by atoms with E-state index in [9.17, 15) is 13.2 Å². The van der Waals surface area contributed by atoms with Crippen LogP contribution in [0.3, 0.4) is 0 Å². The van der Waals surface area contributed by atoms with Gasteiger partial charge < -0.3 is 4.74 Å². The first-order chi connectivity index (χ1) is 9.54. The van der Waals surface area contributed by atoms with E-state index >= 15 is 0 Å². The van der Waals surface area contributed by atoms with Gasteiger partial charge in [0.25, 0.3) is 0 Å². The predicted octanol–water partition coefficient (Wildman–Crippen LogP) is 2.69. The van der Waals surface area contributed by atoms with Gasteiger partial charge in [0, 0.05) is 16.9 Å². The Labute approximate surface area is 117 Å². The molecule has 2 aromatic carbocycles. The van der Waals surface area contributed by atoms with Crippen LogP contribution in [-0.2, 0) is 19.4 Å². The Bertz CT molecular complexity index is 755. The van der Waals surface area contributed by atoms with Gasteiger partial charge in [-0.1, -0.05) is 36.4 Å². The molecule has 0 fully saturated rings. The van der Waals surface area contributed by atoms with Crippen LogP contribution in [0.5, 0.6) is 0 Å². The van der Waals surface area contributed by atoms with E-state index in [-0.39, 0.29) is 11.5 Å². The molecule has 0 aromatic heterocycles. The average Bonchev–Trinajstić information content (AvgIpc) is 2.45. The second-order valence-corrected chi connectivity index (χ2v) is 5.88. The van der Waals surface area contributed by atoms with Gasteiger partial charge in [0.2, 0.25) is 9.84 Å². The second kappa shape index (κ2) is 5.88. The van der Waals surface area contributed by atoms with Gasteiger partial charge in [-0.2, -0.15) is 0 Å². The van der Waals surface area contributed by atoms with Crippen molar-refractivity contribution in [3.63, 3.8) is 0 Å². The maximum Gasteiger partial charge on any atom is 0.331 e. The lowest BCUT2D eigenvalue weighted by molar-refractivity contribution is -0.137. The molecule has 0 heterocycles. The van der Waals surface area contributed by atoms with Gasteiger partial charge in [0.05, 0.1) is 11.5 Å². The summed E-state index contributed by atoms with van der Waals surface area (Å²) in [7, 11) is -3.68. The Hall–Kier alpha value is -2.14. The number of benzene rings is 2. The molecule has 0 spiro atoms. The Morgan fingerprint density at radius 1 is 1.15 bits per heavy atom. The van der Waals surface area contributed by atoms with Gasteiger partial charge >= 0.3 is 5.97 Å². The van der Waals surface area contributed by atoms with Crippen molar-refractivity contribution in [2.24, 2.45) is 0 Å². The van der Waals surface area contributed by atoms with Crippen LogP contribution in [0.4, 0.5) is 0 Å². The van der Waals surface area contributed by atoms with Gasteiger partial charge in [0.1, 0.15) is 0 Å². The highest BCUT2D eigenvalue weighted by Crippen LogP contribution is 2.24. The number of hydrogen-bond acceptors (Lipinski definition) is 4. The van der Waals surface area contributed by atoms with Crippen LogP contribution in [0.1, 0.15) is 6.92 Å². The van der Waals surface area contributed by atoms with Gasteiger partial charge in [-0.25, -0.2) is 13.2 Å². The summed E-state index contributed by atoms with van der Waals surface area (Å²) in [5.41, 5.74) is 0. The number of rotatable bonds is 4. The summed E-state index contributed by atoms with van der Waals surface area (Å²) >= 11 is 0. The monoisotopic (exact) mass is 290 g/mol.